The second-order valence-corrected chi connectivity index (χ2v) is 9.46. The van der Waals surface area contributed by atoms with Crippen LogP contribution in [-0.4, -0.2) is 51.1 Å². The van der Waals surface area contributed by atoms with E-state index in [2.05, 4.69) is 18.7 Å². The highest BCUT2D eigenvalue weighted by atomic mass is 19.1. The van der Waals surface area contributed by atoms with Gasteiger partial charge in [0, 0.05) is 49.1 Å². The Bertz CT molecular complexity index is 1180. The maximum Gasteiger partial charge on any atom is 0.254 e. The first-order valence-corrected chi connectivity index (χ1v) is 12.2. The van der Waals surface area contributed by atoms with Crippen molar-refractivity contribution in [3.05, 3.63) is 58.2 Å². The molecule has 1 saturated heterocycles. The summed E-state index contributed by atoms with van der Waals surface area (Å²) in [5, 5.41) is 4.81. The van der Waals surface area contributed by atoms with E-state index in [9.17, 15) is 9.18 Å². The number of nitrogens with zero attached hydrogens (tertiary/aromatic N) is 5. The molecule has 3 aromatic rings. The normalized spacial score (nSPS) is 16.9. The van der Waals surface area contributed by atoms with Crippen LogP contribution in [0.4, 0.5) is 10.2 Å². The number of amides is 1. The van der Waals surface area contributed by atoms with Crippen molar-refractivity contribution in [3.8, 4) is 0 Å². The summed E-state index contributed by atoms with van der Waals surface area (Å²) in [6, 6.07) is 5.23. The highest BCUT2D eigenvalue weighted by molar-refractivity contribution is 5.95. The molecule has 1 aliphatic rings. The zero-order chi connectivity index (χ0) is 24.6. The van der Waals surface area contributed by atoms with Crippen LogP contribution in [0.15, 0.2) is 24.4 Å². The Morgan fingerprint density at radius 3 is 2.50 bits per heavy atom. The van der Waals surface area contributed by atoms with Gasteiger partial charge in [0.2, 0.25) is 0 Å². The maximum absolute atomic E-state index is 14.2. The fourth-order valence-corrected chi connectivity index (χ4v) is 4.95. The Morgan fingerprint density at radius 1 is 1.21 bits per heavy atom. The highest BCUT2D eigenvalue weighted by Gasteiger charge is 2.28. The lowest BCUT2D eigenvalue weighted by atomic mass is 10.0. The molecule has 0 bridgehead atoms. The van der Waals surface area contributed by atoms with Gasteiger partial charge in [0.1, 0.15) is 11.6 Å². The van der Waals surface area contributed by atoms with Gasteiger partial charge < -0.3 is 15.5 Å². The number of benzene rings is 1. The molecule has 0 spiro atoms. The number of hydrogen-bond acceptors (Lipinski definition) is 5. The molecule has 0 radical (unpaired) electrons. The monoisotopic (exact) mass is 466 g/mol. The molecular weight excluding hydrogens is 431 g/mol. The predicted molar refractivity (Wildman–Crippen MR) is 133 cm³/mol. The number of carbonyl (C=O) groups is 1. The molecule has 0 aliphatic carbocycles. The van der Waals surface area contributed by atoms with Gasteiger partial charge >= 0.3 is 0 Å². The summed E-state index contributed by atoms with van der Waals surface area (Å²) in [5.74, 6) is 0.578. The summed E-state index contributed by atoms with van der Waals surface area (Å²) >= 11 is 0. The molecular formula is C26H35FN6O. The number of hydrogen-bond donors (Lipinski definition) is 1. The zero-order valence-corrected chi connectivity index (χ0v) is 20.8. The standard InChI is InChI=1S/C26H35FN6O/c1-6-9-32(26(34)19-11-16(3)24(27)17(4)12-19)22(7-2)21-13-23-29-25(18(5)14-33(23)30-21)31-10-8-20(28)15-31/h11-14,20,22H,6-10,15,28H2,1-5H3/t20-,22-/m0/s1. The topological polar surface area (TPSA) is 79.8 Å². The lowest BCUT2D eigenvalue weighted by molar-refractivity contribution is 0.0665. The van der Waals surface area contributed by atoms with Crippen molar-refractivity contribution in [1.82, 2.24) is 19.5 Å². The number of anilines is 1. The van der Waals surface area contributed by atoms with Gasteiger partial charge in [-0.2, -0.15) is 5.10 Å². The number of halogens is 1. The molecule has 2 aromatic heterocycles. The molecule has 2 N–H and O–H groups in total. The van der Waals surface area contributed by atoms with Crippen molar-refractivity contribution in [1.29, 1.82) is 0 Å². The Labute approximate surface area is 200 Å². The van der Waals surface area contributed by atoms with Crippen LogP contribution in [0.5, 0.6) is 0 Å². The van der Waals surface area contributed by atoms with Crippen molar-refractivity contribution < 1.29 is 9.18 Å². The number of carbonyl (C=O) groups excluding carboxylic acids is 1. The van der Waals surface area contributed by atoms with Crippen LogP contribution in [0.3, 0.4) is 0 Å². The van der Waals surface area contributed by atoms with Crippen LogP contribution in [0.1, 0.15) is 71.9 Å². The van der Waals surface area contributed by atoms with Crippen LogP contribution in [0.2, 0.25) is 0 Å². The molecule has 4 rings (SSSR count). The van der Waals surface area contributed by atoms with E-state index in [4.69, 9.17) is 15.8 Å². The van der Waals surface area contributed by atoms with E-state index >= 15 is 0 Å². The third kappa shape index (κ3) is 4.51. The Balaban J connectivity index is 1.69. The minimum atomic E-state index is -0.262. The summed E-state index contributed by atoms with van der Waals surface area (Å²) < 4.78 is 16.0. The van der Waals surface area contributed by atoms with Crippen LogP contribution < -0.4 is 10.6 Å². The molecule has 2 atom stereocenters. The molecule has 8 heteroatoms. The smallest absolute Gasteiger partial charge is 0.254 e. The number of nitrogens with two attached hydrogens (primary N) is 1. The number of fused-ring (bicyclic) bond motifs is 1. The van der Waals surface area contributed by atoms with E-state index in [1.807, 2.05) is 24.1 Å². The van der Waals surface area contributed by atoms with Crippen LogP contribution in [0.25, 0.3) is 5.65 Å². The molecule has 1 fully saturated rings. The van der Waals surface area contributed by atoms with E-state index in [0.29, 0.717) is 29.7 Å². The largest absolute Gasteiger partial charge is 0.355 e. The molecule has 1 aromatic carbocycles. The summed E-state index contributed by atoms with van der Waals surface area (Å²) in [5.41, 5.74) is 10.2. The SMILES string of the molecule is CCCN(C(=O)c1cc(C)c(F)c(C)c1)[C@@H](CC)c1cc2nc(N3CC[C@H](N)C3)c(C)cn2n1. The second-order valence-electron chi connectivity index (χ2n) is 9.46. The first kappa shape index (κ1) is 24.1. The third-order valence-corrected chi connectivity index (χ3v) is 6.66. The first-order valence-electron chi connectivity index (χ1n) is 12.2. The molecule has 3 heterocycles. The summed E-state index contributed by atoms with van der Waals surface area (Å²) in [6.45, 7) is 11.8. The van der Waals surface area contributed by atoms with E-state index in [1.165, 1.54) is 0 Å². The summed E-state index contributed by atoms with van der Waals surface area (Å²) in [4.78, 5) is 22.6. The van der Waals surface area contributed by atoms with Gasteiger partial charge in [-0.15, -0.1) is 0 Å². The lowest BCUT2D eigenvalue weighted by Crippen LogP contribution is -2.35. The maximum atomic E-state index is 14.2. The van der Waals surface area contributed by atoms with E-state index in [1.54, 1.807) is 30.5 Å². The quantitative estimate of drug-likeness (QED) is 0.561. The predicted octanol–water partition coefficient (Wildman–Crippen LogP) is 4.33. The number of aromatic nitrogens is 3. The van der Waals surface area contributed by atoms with Gasteiger partial charge in [-0.25, -0.2) is 13.9 Å². The van der Waals surface area contributed by atoms with Crippen molar-refractivity contribution in [2.24, 2.45) is 5.73 Å². The van der Waals surface area contributed by atoms with Crippen molar-refractivity contribution in [2.45, 2.75) is 66.0 Å². The molecule has 0 unspecified atom stereocenters. The minimum Gasteiger partial charge on any atom is -0.355 e. The summed E-state index contributed by atoms with van der Waals surface area (Å²) in [7, 11) is 0. The summed E-state index contributed by atoms with van der Waals surface area (Å²) in [6.07, 6.45) is 4.48. The van der Waals surface area contributed by atoms with E-state index < -0.39 is 0 Å². The van der Waals surface area contributed by atoms with E-state index in [-0.39, 0.29) is 23.8 Å². The molecule has 0 saturated carbocycles. The van der Waals surface area contributed by atoms with Gasteiger partial charge in [-0.3, -0.25) is 4.79 Å². The van der Waals surface area contributed by atoms with Crippen LogP contribution in [-0.2, 0) is 0 Å². The fourth-order valence-electron chi connectivity index (χ4n) is 4.95. The van der Waals surface area contributed by atoms with Crippen molar-refractivity contribution >= 4 is 17.4 Å². The van der Waals surface area contributed by atoms with Gasteiger partial charge in [0.05, 0.1) is 11.7 Å². The van der Waals surface area contributed by atoms with E-state index in [0.717, 1.165) is 48.7 Å². The van der Waals surface area contributed by atoms with Gasteiger partial charge in [-0.05, 0) is 63.3 Å². The van der Waals surface area contributed by atoms with Crippen LogP contribution in [0, 0.1) is 26.6 Å². The molecule has 34 heavy (non-hydrogen) atoms. The van der Waals surface area contributed by atoms with Crippen molar-refractivity contribution in [3.63, 3.8) is 0 Å². The Morgan fingerprint density at radius 2 is 1.91 bits per heavy atom. The fraction of sp³-hybridized carbons (Fsp3) is 0.500. The van der Waals surface area contributed by atoms with Gasteiger partial charge in [-0.1, -0.05) is 13.8 Å². The lowest BCUT2D eigenvalue weighted by Gasteiger charge is -2.30. The van der Waals surface area contributed by atoms with Gasteiger partial charge in [0.25, 0.3) is 5.91 Å². The first-order chi connectivity index (χ1) is 16.2. The molecule has 1 amide bonds. The Kier molecular flexibility index (Phi) is 6.89. The van der Waals surface area contributed by atoms with Gasteiger partial charge in [0.15, 0.2) is 5.65 Å². The third-order valence-electron chi connectivity index (χ3n) is 6.66. The van der Waals surface area contributed by atoms with Crippen LogP contribution >= 0.6 is 0 Å². The van der Waals surface area contributed by atoms with Crippen molar-refractivity contribution in [2.75, 3.05) is 24.5 Å². The average molecular weight is 467 g/mol. The highest BCUT2D eigenvalue weighted by Crippen LogP contribution is 2.29. The average Bonchev–Trinajstić information content (AvgIpc) is 3.41. The second kappa shape index (κ2) is 9.70. The number of rotatable bonds is 7. The molecule has 182 valence electrons. The minimum absolute atomic E-state index is 0.104. The number of aryl methyl sites for hydroxylation is 3. The Hall–Kier alpha value is -3.00. The zero-order valence-electron chi connectivity index (χ0n) is 20.8. The molecule has 7 nitrogen and oxygen atoms in total. The molecule has 1 aliphatic heterocycles.